The van der Waals surface area contributed by atoms with Gasteiger partial charge < -0.3 is 20.1 Å². The number of ether oxygens (including phenoxy) is 2. The molecule has 1 fully saturated rings. The number of hydrogen-bond acceptors (Lipinski definition) is 4. The molecule has 2 unspecified atom stereocenters. The normalized spacial score (nSPS) is 25.3. The molecule has 1 aliphatic heterocycles. The number of methoxy groups -OCH3 is 1. The monoisotopic (exact) mass is 258 g/mol. The summed E-state index contributed by atoms with van der Waals surface area (Å²) < 4.78 is 10.9. The Hall–Kier alpha value is -0.650. The lowest BCUT2D eigenvalue weighted by atomic mass is 9.99. The number of carbonyl (C=O) groups excluding carboxylic acids is 1. The Balaban J connectivity index is 2.51. The van der Waals surface area contributed by atoms with Crippen LogP contribution in [0.2, 0.25) is 0 Å². The van der Waals surface area contributed by atoms with Crippen LogP contribution in [0.25, 0.3) is 0 Å². The molecule has 1 rings (SSSR count). The molecule has 0 aromatic rings. The number of nitrogens with zero attached hydrogens (tertiary/aromatic N) is 1. The van der Waals surface area contributed by atoms with Gasteiger partial charge in [0, 0.05) is 26.2 Å². The molecule has 2 N–H and O–H groups in total. The maximum Gasteiger partial charge on any atom is 0.248 e. The third-order valence-corrected chi connectivity index (χ3v) is 3.22. The molecule has 18 heavy (non-hydrogen) atoms. The molecule has 0 spiro atoms. The fourth-order valence-corrected chi connectivity index (χ4v) is 2.14. The second-order valence-corrected chi connectivity index (χ2v) is 5.76. The van der Waals surface area contributed by atoms with Crippen LogP contribution in [-0.4, -0.2) is 55.4 Å². The summed E-state index contributed by atoms with van der Waals surface area (Å²) in [6.45, 7) is 7.12. The summed E-state index contributed by atoms with van der Waals surface area (Å²) in [5.74, 6) is 0.0231. The van der Waals surface area contributed by atoms with E-state index in [9.17, 15) is 4.79 Å². The molecule has 106 valence electrons. The second kappa shape index (κ2) is 6.50. The van der Waals surface area contributed by atoms with Gasteiger partial charge in [0.05, 0.1) is 11.7 Å². The number of amides is 1. The highest BCUT2D eigenvalue weighted by molar-refractivity contribution is 5.78. The fraction of sp³-hybridized carbons (Fsp3) is 0.923. The molecule has 1 saturated heterocycles. The summed E-state index contributed by atoms with van der Waals surface area (Å²) in [6, 6.07) is 0.0692. The van der Waals surface area contributed by atoms with Gasteiger partial charge in [-0.05, 0) is 33.6 Å². The van der Waals surface area contributed by atoms with Crippen molar-refractivity contribution in [3.8, 4) is 0 Å². The van der Waals surface area contributed by atoms with Crippen molar-refractivity contribution in [1.82, 2.24) is 4.90 Å². The van der Waals surface area contributed by atoms with Crippen LogP contribution in [0.1, 0.15) is 33.6 Å². The lowest BCUT2D eigenvalue weighted by Crippen LogP contribution is -2.52. The Bertz CT molecular complexity index is 276. The van der Waals surface area contributed by atoms with Gasteiger partial charge in [-0.2, -0.15) is 0 Å². The molecule has 0 aliphatic carbocycles. The molecule has 2 atom stereocenters. The van der Waals surface area contributed by atoms with Crippen LogP contribution in [-0.2, 0) is 14.3 Å². The van der Waals surface area contributed by atoms with Crippen molar-refractivity contribution in [2.24, 2.45) is 5.73 Å². The Kier molecular flexibility index (Phi) is 5.56. The summed E-state index contributed by atoms with van der Waals surface area (Å²) in [5.41, 5.74) is 5.45. The van der Waals surface area contributed by atoms with Gasteiger partial charge >= 0.3 is 0 Å². The number of rotatable bonds is 4. The first kappa shape index (κ1) is 15.4. The minimum Gasteiger partial charge on any atom is -0.381 e. The molecule has 0 aromatic carbocycles. The van der Waals surface area contributed by atoms with Crippen LogP contribution in [0, 0.1) is 0 Å². The van der Waals surface area contributed by atoms with E-state index in [0.717, 1.165) is 12.8 Å². The van der Waals surface area contributed by atoms with Gasteiger partial charge in [0.15, 0.2) is 0 Å². The summed E-state index contributed by atoms with van der Waals surface area (Å²) in [6.07, 6.45) is 1.90. The van der Waals surface area contributed by atoms with E-state index in [1.54, 1.807) is 7.11 Å². The number of nitrogens with two attached hydrogens (primary N) is 1. The van der Waals surface area contributed by atoms with Crippen LogP contribution in [0.5, 0.6) is 0 Å². The van der Waals surface area contributed by atoms with Gasteiger partial charge in [-0.3, -0.25) is 4.79 Å². The van der Waals surface area contributed by atoms with Crippen molar-refractivity contribution in [3.63, 3.8) is 0 Å². The summed E-state index contributed by atoms with van der Waals surface area (Å²) in [4.78, 5) is 13.9. The molecular weight excluding hydrogens is 232 g/mol. The average molecular weight is 258 g/mol. The third kappa shape index (κ3) is 4.55. The summed E-state index contributed by atoms with van der Waals surface area (Å²) in [5, 5.41) is 0. The van der Waals surface area contributed by atoms with Crippen molar-refractivity contribution in [3.05, 3.63) is 0 Å². The van der Waals surface area contributed by atoms with E-state index in [4.69, 9.17) is 15.2 Å². The van der Waals surface area contributed by atoms with Gasteiger partial charge in [0.25, 0.3) is 0 Å². The molecule has 1 amide bonds. The molecule has 0 aromatic heterocycles. The van der Waals surface area contributed by atoms with Gasteiger partial charge in [0.1, 0.15) is 6.61 Å². The van der Waals surface area contributed by atoms with E-state index in [0.29, 0.717) is 13.1 Å². The van der Waals surface area contributed by atoms with E-state index in [-0.39, 0.29) is 30.3 Å². The van der Waals surface area contributed by atoms with Crippen molar-refractivity contribution in [2.75, 3.05) is 26.8 Å². The molecule has 0 bridgehead atoms. The Morgan fingerprint density at radius 1 is 1.44 bits per heavy atom. The van der Waals surface area contributed by atoms with Crippen molar-refractivity contribution >= 4 is 5.91 Å². The summed E-state index contributed by atoms with van der Waals surface area (Å²) in [7, 11) is 1.71. The zero-order valence-corrected chi connectivity index (χ0v) is 11.9. The molecule has 0 radical (unpaired) electrons. The van der Waals surface area contributed by atoms with Gasteiger partial charge in [-0.25, -0.2) is 0 Å². The van der Waals surface area contributed by atoms with Crippen LogP contribution in [0.4, 0.5) is 0 Å². The molecule has 1 heterocycles. The highest BCUT2D eigenvalue weighted by atomic mass is 16.5. The first-order valence-corrected chi connectivity index (χ1v) is 6.53. The molecule has 1 aliphatic rings. The lowest BCUT2D eigenvalue weighted by molar-refractivity contribution is -0.146. The van der Waals surface area contributed by atoms with Crippen LogP contribution >= 0.6 is 0 Å². The smallest absolute Gasteiger partial charge is 0.248 e. The van der Waals surface area contributed by atoms with Crippen molar-refractivity contribution in [1.29, 1.82) is 0 Å². The predicted molar refractivity (Wildman–Crippen MR) is 70.3 cm³/mol. The molecule has 5 heteroatoms. The summed E-state index contributed by atoms with van der Waals surface area (Å²) >= 11 is 0. The van der Waals surface area contributed by atoms with E-state index < -0.39 is 0 Å². The van der Waals surface area contributed by atoms with E-state index in [1.165, 1.54) is 0 Å². The maximum atomic E-state index is 12.1. The van der Waals surface area contributed by atoms with Gasteiger partial charge in [-0.1, -0.05) is 0 Å². The number of carbonyl (C=O) groups is 1. The van der Waals surface area contributed by atoms with E-state index in [1.807, 2.05) is 25.7 Å². The maximum absolute atomic E-state index is 12.1. The minimum atomic E-state index is -0.293. The Morgan fingerprint density at radius 3 is 2.61 bits per heavy atom. The highest BCUT2D eigenvalue weighted by Gasteiger charge is 2.31. The number of hydrogen-bond donors (Lipinski definition) is 1. The first-order chi connectivity index (χ1) is 8.37. The molecular formula is C13H26N2O3. The van der Waals surface area contributed by atoms with Crippen LogP contribution < -0.4 is 5.73 Å². The third-order valence-electron chi connectivity index (χ3n) is 3.22. The standard InChI is InChI=1S/C13H26N2O3/c1-13(2,3)18-9-12(16)15-6-5-11(17-4)7-10(15)8-14/h10-11H,5-9,14H2,1-4H3. The first-order valence-electron chi connectivity index (χ1n) is 6.53. The van der Waals surface area contributed by atoms with Crippen molar-refractivity contribution in [2.45, 2.75) is 51.4 Å². The molecule has 0 saturated carbocycles. The quantitative estimate of drug-likeness (QED) is 0.809. The molecule has 5 nitrogen and oxygen atoms in total. The Labute approximate surface area is 110 Å². The van der Waals surface area contributed by atoms with E-state index >= 15 is 0 Å². The Morgan fingerprint density at radius 2 is 2.11 bits per heavy atom. The topological polar surface area (TPSA) is 64.8 Å². The second-order valence-electron chi connectivity index (χ2n) is 5.76. The SMILES string of the molecule is COC1CCN(C(=O)COC(C)(C)C)C(CN)C1. The van der Waals surface area contributed by atoms with Gasteiger partial charge in [0.2, 0.25) is 5.91 Å². The highest BCUT2D eigenvalue weighted by Crippen LogP contribution is 2.19. The number of likely N-dealkylation sites (tertiary alicyclic amines) is 1. The van der Waals surface area contributed by atoms with E-state index in [2.05, 4.69) is 0 Å². The van der Waals surface area contributed by atoms with Gasteiger partial charge in [-0.15, -0.1) is 0 Å². The lowest BCUT2D eigenvalue weighted by Gasteiger charge is -2.38. The van der Waals surface area contributed by atoms with Crippen LogP contribution in [0.3, 0.4) is 0 Å². The average Bonchev–Trinajstić information content (AvgIpc) is 2.34. The zero-order valence-electron chi connectivity index (χ0n) is 11.9. The fourth-order valence-electron chi connectivity index (χ4n) is 2.14. The van der Waals surface area contributed by atoms with Crippen molar-refractivity contribution < 1.29 is 14.3 Å². The largest absolute Gasteiger partial charge is 0.381 e. The zero-order chi connectivity index (χ0) is 13.8. The number of piperidine rings is 1. The predicted octanol–water partition coefficient (Wildman–Crippen LogP) is 0.766. The minimum absolute atomic E-state index is 0.0231. The van der Waals surface area contributed by atoms with Crippen LogP contribution in [0.15, 0.2) is 0 Å².